The van der Waals surface area contributed by atoms with Crippen LogP contribution in [-0.2, 0) is 14.4 Å². The van der Waals surface area contributed by atoms with Crippen molar-refractivity contribution in [3.63, 3.8) is 0 Å². The number of carboxylic acids is 3. The molecule has 7 nitrogen and oxygen atoms in total. The third kappa shape index (κ3) is 4.70. The van der Waals surface area contributed by atoms with Gasteiger partial charge in [-0.1, -0.05) is 23.8 Å². The van der Waals surface area contributed by atoms with Crippen molar-refractivity contribution in [2.75, 3.05) is 6.54 Å². The first-order valence-electron chi connectivity index (χ1n) is 6.99. The van der Waals surface area contributed by atoms with Crippen LogP contribution in [0.1, 0.15) is 20.3 Å². The van der Waals surface area contributed by atoms with Crippen LogP contribution in [0.3, 0.4) is 0 Å². The Morgan fingerprint density at radius 3 is 2.41 bits per heavy atom. The second-order valence-electron chi connectivity index (χ2n) is 5.51. The third-order valence-corrected chi connectivity index (χ3v) is 3.91. The Balaban J connectivity index is 2.85. The number of aliphatic carboxylic acids is 3. The number of carboxylic acid groups (broad SMARTS) is 3. The molecule has 0 aliphatic carbocycles. The largest absolute Gasteiger partial charge is 0.481 e. The van der Waals surface area contributed by atoms with Crippen molar-refractivity contribution in [3.05, 3.63) is 23.8 Å². The molecule has 0 saturated carbocycles. The zero-order valence-corrected chi connectivity index (χ0v) is 12.5. The van der Waals surface area contributed by atoms with E-state index in [2.05, 4.69) is 5.32 Å². The van der Waals surface area contributed by atoms with Crippen molar-refractivity contribution in [2.45, 2.75) is 26.3 Å². The molecule has 1 aliphatic rings. The summed E-state index contributed by atoms with van der Waals surface area (Å²) >= 11 is 0. The minimum absolute atomic E-state index is 0.206. The van der Waals surface area contributed by atoms with Gasteiger partial charge in [-0.2, -0.15) is 0 Å². The maximum atomic E-state index is 11.2. The average Bonchev–Trinajstić information content (AvgIpc) is 2.81. The summed E-state index contributed by atoms with van der Waals surface area (Å²) < 4.78 is 0. The molecule has 7 heteroatoms. The van der Waals surface area contributed by atoms with Gasteiger partial charge in [-0.25, -0.2) is 0 Å². The van der Waals surface area contributed by atoms with E-state index in [1.807, 2.05) is 0 Å². The van der Waals surface area contributed by atoms with Crippen LogP contribution in [0.5, 0.6) is 0 Å². The summed E-state index contributed by atoms with van der Waals surface area (Å²) in [5.41, 5.74) is 0.830. The van der Waals surface area contributed by atoms with Crippen molar-refractivity contribution >= 4 is 17.9 Å². The summed E-state index contributed by atoms with van der Waals surface area (Å²) in [6.07, 6.45) is 4.62. The lowest BCUT2D eigenvalue weighted by atomic mass is 9.83. The van der Waals surface area contributed by atoms with Crippen molar-refractivity contribution < 1.29 is 29.7 Å². The highest BCUT2D eigenvalue weighted by Crippen LogP contribution is 2.31. The molecule has 0 unspecified atom stereocenters. The standard InChI is InChI=1S/C15H21NO6/c1-8(4-3-5-9(2)14(19)20)11-7-16-13(15(21)22)10(11)6-12(17)18/h3-5,9-11,13,16H,6-7H2,1-2H3,(H,17,18)(H,19,20)(H,21,22)/b5-3-,8-4+/t9-,10-,11-,13+/m1/s1. The Morgan fingerprint density at radius 1 is 1.27 bits per heavy atom. The first kappa shape index (κ1) is 17.9. The Labute approximate surface area is 128 Å². The molecule has 0 aromatic heterocycles. The molecule has 1 rings (SSSR count). The second kappa shape index (κ2) is 7.74. The molecule has 1 aliphatic heterocycles. The van der Waals surface area contributed by atoms with E-state index in [0.717, 1.165) is 5.57 Å². The van der Waals surface area contributed by atoms with E-state index in [-0.39, 0.29) is 12.3 Å². The molecule has 0 radical (unpaired) electrons. The van der Waals surface area contributed by atoms with Crippen LogP contribution >= 0.6 is 0 Å². The van der Waals surface area contributed by atoms with Gasteiger partial charge in [0.2, 0.25) is 0 Å². The zero-order chi connectivity index (χ0) is 16.9. The zero-order valence-electron chi connectivity index (χ0n) is 12.5. The third-order valence-electron chi connectivity index (χ3n) is 3.91. The summed E-state index contributed by atoms with van der Waals surface area (Å²) in [5.74, 6) is -4.38. The normalized spacial score (nSPS) is 27.0. The summed E-state index contributed by atoms with van der Waals surface area (Å²) in [4.78, 5) is 32.8. The maximum absolute atomic E-state index is 11.2. The number of nitrogens with one attached hydrogen (secondary N) is 1. The predicted molar refractivity (Wildman–Crippen MR) is 78.4 cm³/mol. The molecule has 0 bridgehead atoms. The number of carbonyl (C=O) groups is 3. The van der Waals surface area contributed by atoms with Crippen LogP contribution in [0.25, 0.3) is 0 Å². The van der Waals surface area contributed by atoms with Crippen molar-refractivity contribution in [1.82, 2.24) is 5.32 Å². The Morgan fingerprint density at radius 2 is 1.91 bits per heavy atom. The van der Waals surface area contributed by atoms with Crippen molar-refractivity contribution in [1.29, 1.82) is 0 Å². The van der Waals surface area contributed by atoms with Crippen LogP contribution in [-0.4, -0.2) is 45.8 Å². The lowest BCUT2D eigenvalue weighted by molar-refractivity contribution is -0.142. The van der Waals surface area contributed by atoms with Gasteiger partial charge in [0.25, 0.3) is 0 Å². The van der Waals surface area contributed by atoms with Crippen LogP contribution in [0, 0.1) is 17.8 Å². The quantitative estimate of drug-likeness (QED) is 0.516. The molecule has 122 valence electrons. The highest BCUT2D eigenvalue weighted by molar-refractivity contribution is 5.76. The first-order chi connectivity index (χ1) is 10.2. The van der Waals surface area contributed by atoms with E-state index in [0.29, 0.717) is 6.54 Å². The molecular formula is C15H21NO6. The van der Waals surface area contributed by atoms with Crippen LogP contribution in [0.2, 0.25) is 0 Å². The highest BCUT2D eigenvalue weighted by Gasteiger charge is 2.41. The molecule has 0 amide bonds. The molecule has 1 fully saturated rings. The van der Waals surface area contributed by atoms with E-state index in [1.165, 1.54) is 6.08 Å². The Bertz CT molecular complexity index is 510. The highest BCUT2D eigenvalue weighted by atomic mass is 16.4. The Kier molecular flexibility index (Phi) is 6.30. The lowest BCUT2D eigenvalue weighted by Crippen LogP contribution is -2.36. The minimum atomic E-state index is -1.06. The van der Waals surface area contributed by atoms with E-state index in [1.54, 1.807) is 26.0 Å². The smallest absolute Gasteiger partial charge is 0.321 e. The maximum Gasteiger partial charge on any atom is 0.321 e. The van der Waals surface area contributed by atoms with Crippen LogP contribution in [0.15, 0.2) is 23.8 Å². The molecule has 0 aromatic carbocycles. The van der Waals surface area contributed by atoms with Gasteiger partial charge in [0, 0.05) is 12.5 Å². The summed E-state index contributed by atoms with van der Waals surface area (Å²) in [5, 5.41) is 29.7. The average molecular weight is 311 g/mol. The van der Waals surface area contributed by atoms with Gasteiger partial charge in [0.05, 0.1) is 12.3 Å². The molecule has 0 aromatic rings. The molecular weight excluding hydrogens is 290 g/mol. The van der Waals surface area contributed by atoms with E-state index >= 15 is 0 Å². The lowest BCUT2D eigenvalue weighted by Gasteiger charge is -2.20. The molecule has 0 spiro atoms. The van der Waals surface area contributed by atoms with Crippen molar-refractivity contribution in [3.8, 4) is 0 Å². The topological polar surface area (TPSA) is 124 Å². The fourth-order valence-corrected chi connectivity index (χ4v) is 2.60. The van der Waals surface area contributed by atoms with Gasteiger partial charge < -0.3 is 20.6 Å². The summed E-state index contributed by atoms with van der Waals surface area (Å²) in [7, 11) is 0. The van der Waals surface area contributed by atoms with E-state index in [9.17, 15) is 14.4 Å². The van der Waals surface area contributed by atoms with Crippen molar-refractivity contribution in [2.24, 2.45) is 17.8 Å². The van der Waals surface area contributed by atoms with Gasteiger partial charge in [-0.3, -0.25) is 14.4 Å². The predicted octanol–water partition coefficient (Wildman–Crippen LogP) is 0.973. The van der Waals surface area contributed by atoms with Gasteiger partial charge >= 0.3 is 17.9 Å². The molecule has 1 heterocycles. The fraction of sp³-hybridized carbons (Fsp3) is 0.533. The van der Waals surface area contributed by atoms with E-state index in [4.69, 9.17) is 15.3 Å². The SMILES string of the molecule is C/C(=C\C=C/[C@@H](C)C(=O)O)[C@H]1CN[C@H](C(=O)O)[C@@H]1CC(=O)O. The Hall–Kier alpha value is -2.15. The molecule has 1 saturated heterocycles. The van der Waals surface area contributed by atoms with Gasteiger partial charge in [-0.15, -0.1) is 0 Å². The summed E-state index contributed by atoms with van der Waals surface area (Å²) in [6.45, 7) is 3.73. The van der Waals surface area contributed by atoms with Crippen LogP contribution in [0.4, 0.5) is 0 Å². The summed E-state index contributed by atoms with van der Waals surface area (Å²) in [6, 6.07) is -0.883. The van der Waals surface area contributed by atoms with Gasteiger partial charge in [0.1, 0.15) is 6.04 Å². The number of allylic oxidation sites excluding steroid dienone is 2. The first-order valence-corrected chi connectivity index (χ1v) is 6.99. The van der Waals surface area contributed by atoms with Gasteiger partial charge in [0.15, 0.2) is 0 Å². The fourth-order valence-electron chi connectivity index (χ4n) is 2.60. The molecule has 22 heavy (non-hydrogen) atoms. The van der Waals surface area contributed by atoms with Crippen LogP contribution < -0.4 is 5.32 Å². The monoisotopic (exact) mass is 311 g/mol. The van der Waals surface area contributed by atoms with E-state index < -0.39 is 35.8 Å². The second-order valence-corrected chi connectivity index (χ2v) is 5.51. The number of rotatable bonds is 7. The number of hydrogen-bond acceptors (Lipinski definition) is 4. The molecule has 4 N–H and O–H groups in total. The number of hydrogen-bond donors (Lipinski definition) is 4. The van der Waals surface area contributed by atoms with Gasteiger partial charge in [-0.05, 0) is 19.8 Å². The molecule has 4 atom stereocenters. The minimum Gasteiger partial charge on any atom is -0.481 e.